The van der Waals surface area contributed by atoms with Crippen LogP contribution in [0.3, 0.4) is 0 Å². The Morgan fingerprint density at radius 2 is 2.39 bits per heavy atom. The van der Waals surface area contributed by atoms with Crippen molar-refractivity contribution in [2.45, 2.75) is 45.3 Å². The highest BCUT2D eigenvalue weighted by Gasteiger charge is 2.13. The van der Waals surface area contributed by atoms with Gasteiger partial charge < -0.3 is 14.8 Å². The third-order valence-electron chi connectivity index (χ3n) is 2.75. The van der Waals surface area contributed by atoms with E-state index in [1.807, 2.05) is 13.8 Å². The van der Waals surface area contributed by atoms with Crippen LogP contribution in [0.4, 0.5) is 5.95 Å². The van der Waals surface area contributed by atoms with Crippen molar-refractivity contribution in [2.24, 2.45) is 0 Å². The van der Waals surface area contributed by atoms with Gasteiger partial charge in [-0.2, -0.15) is 4.98 Å². The van der Waals surface area contributed by atoms with Crippen molar-refractivity contribution < 1.29 is 9.47 Å². The zero-order chi connectivity index (χ0) is 12.8. The summed E-state index contributed by atoms with van der Waals surface area (Å²) in [6.07, 6.45) is 5.62. The molecule has 1 aromatic rings. The quantitative estimate of drug-likeness (QED) is 0.869. The van der Waals surface area contributed by atoms with Gasteiger partial charge in [-0.05, 0) is 33.1 Å². The molecule has 1 fully saturated rings. The van der Waals surface area contributed by atoms with Crippen LogP contribution in [0.15, 0.2) is 12.3 Å². The molecular formula is C13H21N3O2. The number of hydrogen-bond acceptors (Lipinski definition) is 5. The van der Waals surface area contributed by atoms with E-state index in [1.165, 1.54) is 12.8 Å². The summed E-state index contributed by atoms with van der Waals surface area (Å²) in [6, 6.07) is 1.77. The van der Waals surface area contributed by atoms with E-state index in [4.69, 9.17) is 9.47 Å². The molecule has 1 aliphatic heterocycles. The van der Waals surface area contributed by atoms with Crippen molar-refractivity contribution >= 4 is 5.95 Å². The van der Waals surface area contributed by atoms with E-state index in [0.29, 0.717) is 11.8 Å². The van der Waals surface area contributed by atoms with Crippen LogP contribution < -0.4 is 10.1 Å². The minimum absolute atomic E-state index is 0.120. The van der Waals surface area contributed by atoms with Crippen molar-refractivity contribution in [3.05, 3.63) is 12.3 Å². The summed E-state index contributed by atoms with van der Waals surface area (Å²) in [6.45, 7) is 5.57. The van der Waals surface area contributed by atoms with Crippen LogP contribution in [0, 0.1) is 0 Å². The molecule has 18 heavy (non-hydrogen) atoms. The Balaban J connectivity index is 1.84. The van der Waals surface area contributed by atoms with Gasteiger partial charge in [0, 0.05) is 25.4 Å². The Bertz CT molecular complexity index is 365. The summed E-state index contributed by atoms with van der Waals surface area (Å²) in [5, 5.41) is 3.20. The predicted octanol–water partition coefficient (Wildman–Crippen LogP) is 2.24. The molecule has 5 heteroatoms. The van der Waals surface area contributed by atoms with Gasteiger partial charge >= 0.3 is 0 Å². The highest BCUT2D eigenvalue weighted by molar-refractivity contribution is 5.27. The molecule has 0 aliphatic carbocycles. The number of hydrogen-bond donors (Lipinski definition) is 1. The van der Waals surface area contributed by atoms with Crippen LogP contribution >= 0.6 is 0 Å². The van der Waals surface area contributed by atoms with Crippen LogP contribution in [0.25, 0.3) is 0 Å². The molecule has 1 N–H and O–H groups in total. The van der Waals surface area contributed by atoms with E-state index >= 15 is 0 Å². The van der Waals surface area contributed by atoms with Gasteiger partial charge in [0.25, 0.3) is 0 Å². The average molecular weight is 251 g/mol. The first-order chi connectivity index (χ1) is 8.74. The van der Waals surface area contributed by atoms with Crippen molar-refractivity contribution in [2.75, 3.05) is 18.5 Å². The molecular weight excluding hydrogens is 230 g/mol. The van der Waals surface area contributed by atoms with Gasteiger partial charge in [-0.1, -0.05) is 0 Å². The van der Waals surface area contributed by atoms with Crippen molar-refractivity contribution in [3.63, 3.8) is 0 Å². The highest BCUT2D eigenvalue weighted by Crippen LogP contribution is 2.14. The largest absolute Gasteiger partial charge is 0.475 e. The molecule has 1 saturated heterocycles. The van der Waals surface area contributed by atoms with Crippen LogP contribution in [0.5, 0.6) is 5.88 Å². The normalized spacial score (nSPS) is 19.8. The van der Waals surface area contributed by atoms with E-state index < -0.39 is 0 Å². The van der Waals surface area contributed by atoms with Gasteiger partial charge in [-0.25, -0.2) is 4.98 Å². The lowest BCUT2D eigenvalue weighted by molar-refractivity contribution is 0.0246. The standard InChI is InChI=1S/C13H21N3O2/c1-10(2)18-12-6-7-14-13(16-12)15-9-11-5-3-4-8-17-11/h6-7,10-11H,3-5,8-9H2,1-2H3,(H,14,15,16). The Morgan fingerprint density at radius 1 is 1.50 bits per heavy atom. The molecule has 1 unspecified atom stereocenters. The van der Waals surface area contributed by atoms with Gasteiger partial charge in [0.2, 0.25) is 11.8 Å². The number of rotatable bonds is 5. The lowest BCUT2D eigenvalue weighted by atomic mass is 10.1. The summed E-state index contributed by atoms with van der Waals surface area (Å²) in [7, 11) is 0. The monoisotopic (exact) mass is 251 g/mol. The smallest absolute Gasteiger partial charge is 0.226 e. The minimum atomic E-state index is 0.120. The fourth-order valence-corrected chi connectivity index (χ4v) is 1.91. The van der Waals surface area contributed by atoms with Crippen LogP contribution in [-0.2, 0) is 4.74 Å². The molecule has 2 heterocycles. The van der Waals surface area contributed by atoms with Crippen LogP contribution in [-0.4, -0.2) is 35.3 Å². The van der Waals surface area contributed by atoms with Crippen molar-refractivity contribution in [1.29, 1.82) is 0 Å². The fourth-order valence-electron chi connectivity index (χ4n) is 1.91. The molecule has 0 amide bonds. The van der Waals surface area contributed by atoms with Gasteiger partial charge in [-0.3, -0.25) is 0 Å². The third kappa shape index (κ3) is 4.14. The average Bonchev–Trinajstić information content (AvgIpc) is 2.37. The first kappa shape index (κ1) is 13.1. The number of aromatic nitrogens is 2. The molecule has 1 aliphatic rings. The maximum absolute atomic E-state index is 5.65. The van der Waals surface area contributed by atoms with Gasteiger partial charge in [0.15, 0.2) is 0 Å². The molecule has 0 bridgehead atoms. The number of anilines is 1. The lowest BCUT2D eigenvalue weighted by Crippen LogP contribution is -2.27. The number of nitrogens with one attached hydrogen (secondary N) is 1. The van der Waals surface area contributed by atoms with E-state index in [-0.39, 0.29) is 12.2 Å². The Morgan fingerprint density at radius 3 is 3.11 bits per heavy atom. The minimum Gasteiger partial charge on any atom is -0.475 e. The second kappa shape index (κ2) is 6.54. The van der Waals surface area contributed by atoms with Crippen LogP contribution in [0.2, 0.25) is 0 Å². The molecule has 1 aromatic heterocycles. The second-order valence-electron chi connectivity index (χ2n) is 4.75. The lowest BCUT2D eigenvalue weighted by Gasteiger charge is -2.22. The zero-order valence-electron chi connectivity index (χ0n) is 11.1. The highest BCUT2D eigenvalue weighted by atomic mass is 16.5. The molecule has 100 valence electrons. The Labute approximate surface area is 108 Å². The molecule has 2 rings (SSSR count). The Hall–Kier alpha value is -1.36. The topological polar surface area (TPSA) is 56.3 Å². The number of ether oxygens (including phenoxy) is 2. The van der Waals surface area contributed by atoms with Crippen molar-refractivity contribution in [1.82, 2.24) is 9.97 Å². The molecule has 0 spiro atoms. The van der Waals surface area contributed by atoms with E-state index in [0.717, 1.165) is 19.6 Å². The first-order valence-electron chi connectivity index (χ1n) is 6.59. The zero-order valence-corrected chi connectivity index (χ0v) is 11.1. The summed E-state index contributed by atoms with van der Waals surface area (Å²) >= 11 is 0. The maximum Gasteiger partial charge on any atom is 0.226 e. The summed E-state index contributed by atoms with van der Waals surface area (Å²) in [5.74, 6) is 1.20. The van der Waals surface area contributed by atoms with Crippen LogP contribution in [0.1, 0.15) is 33.1 Å². The third-order valence-corrected chi connectivity index (χ3v) is 2.75. The molecule has 0 aromatic carbocycles. The van der Waals surface area contributed by atoms with Gasteiger partial charge in [0.1, 0.15) is 0 Å². The first-order valence-corrected chi connectivity index (χ1v) is 6.59. The van der Waals surface area contributed by atoms with E-state index in [2.05, 4.69) is 15.3 Å². The Kier molecular flexibility index (Phi) is 4.75. The second-order valence-corrected chi connectivity index (χ2v) is 4.75. The number of nitrogens with zero attached hydrogens (tertiary/aromatic N) is 2. The van der Waals surface area contributed by atoms with E-state index in [9.17, 15) is 0 Å². The summed E-state index contributed by atoms with van der Waals surface area (Å²) in [4.78, 5) is 8.47. The van der Waals surface area contributed by atoms with Gasteiger partial charge in [-0.15, -0.1) is 0 Å². The molecule has 0 radical (unpaired) electrons. The SMILES string of the molecule is CC(C)Oc1ccnc(NCC2CCCCO2)n1. The molecule has 1 atom stereocenters. The van der Waals surface area contributed by atoms with Crippen molar-refractivity contribution in [3.8, 4) is 5.88 Å². The van der Waals surface area contributed by atoms with Gasteiger partial charge in [0.05, 0.1) is 12.2 Å². The summed E-state index contributed by atoms with van der Waals surface area (Å²) < 4.78 is 11.2. The maximum atomic E-state index is 5.65. The summed E-state index contributed by atoms with van der Waals surface area (Å²) in [5.41, 5.74) is 0. The molecule has 0 saturated carbocycles. The fraction of sp³-hybridized carbons (Fsp3) is 0.692. The molecule has 5 nitrogen and oxygen atoms in total. The predicted molar refractivity (Wildman–Crippen MR) is 69.9 cm³/mol. The van der Waals surface area contributed by atoms with E-state index in [1.54, 1.807) is 12.3 Å².